The maximum Gasteiger partial charge on any atom is 0.269 e. The van der Waals surface area contributed by atoms with Crippen molar-refractivity contribution in [3.8, 4) is 0 Å². The Hall–Kier alpha value is -2.59. The predicted octanol–water partition coefficient (Wildman–Crippen LogP) is 2.45. The van der Waals surface area contributed by atoms with Crippen molar-refractivity contribution >= 4 is 21.5 Å². The maximum absolute atomic E-state index is 12.5. The minimum atomic E-state index is -3.27. The summed E-state index contributed by atoms with van der Waals surface area (Å²) in [6, 6.07) is 6.48. The van der Waals surface area contributed by atoms with Crippen LogP contribution in [0, 0.1) is 24.0 Å². The molecule has 30 heavy (non-hydrogen) atoms. The fraction of sp³-hybridized carbons (Fsp3) is 0.500. The second-order valence-electron chi connectivity index (χ2n) is 7.74. The summed E-state index contributed by atoms with van der Waals surface area (Å²) in [6.07, 6.45) is 0.546. The number of rotatable bonds is 6. The maximum atomic E-state index is 12.5. The highest BCUT2D eigenvalue weighted by atomic mass is 32.2. The van der Waals surface area contributed by atoms with Gasteiger partial charge in [-0.2, -0.15) is 4.31 Å². The molecule has 0 N–H and O–H groups in total. The summed E-state index contributed by atoms with van der Waals surface area (Å²) in [5, 5.41) is 10.5. The third-order valence-corrected chi connectivity index (χ3v) is 7.60. The Morgan fingerprint density at radius 2 is 1.67 bits per heavy atom. The van der Waals surface area contributed by atoms with Crippen LogP contribution in [0.5, 0.6) is 0 Å². The lowest BCUT2D eigenvalue weighted by molar-refractivity contribution is -0.384. The number of aromatic nitrogens is 2. The number of aryl methyl sites for hydroxylation is 2. The van der Waals surface area contributed by atoms with Gasteiger partial charge in [-0.25, -0.2) is 18.4 Å². The van der Waals surface area contributed by atoms with Crippen LogP contribution in [0.1, 0.15) is 36.5 Å². The molecule has 1 aliphatic heterocycles. The number of sulfonamides is 1. The van der Waals surface area contributed by atoms with Crippen LogP contribution in [-0.4, -0.2) is 59.0 Å². The molecule has 3 rings (SSSR count). The van der Waals surface area contributed by atoms with Crippen molar-refractivity contribution in [2.75, 3.05) is 31.1 Å². The predicted molar refractivity (Wildman–Crippen MR) is 115 cm³/mol. The minimum Gasteiger partial charge on any atom is -0.354 e. The Bertz CT molecular complexity index is 1030. The lowest BCUT2D eigenvalue weighted by Gasteiger charge is -2.36. The summed E-state index contributed by atoms with van der Waals surface area (Å²) in [4.78, 5) is 21.7. The van der Waals surface area contributed by atoms with E-state index >= 15 is 0 Å². The van der Waals surface area contributed by atoms with Gasteiger partial charge in [0.2, 0.25) is 10.0 Å². The minimum absolute atomic E-state index is 0.0540. The first kappa shape index (κ1) is 22.1. The molecule has 0 spiro atoms. The SMILES string of the molecule is Cc1nc(C)c(Cc2ccc([N+](=O)[O-])cc2)c(N2CCN(S(=O)(=O)C(C)C)CC2)n1. The number of non-ortho nitro benzene ring substituents is 1. The van der Waals surface area contributed by atoms with E-state index in [0.717, 1.165) is 22.6 Å². The Morgan fingerprint density at radius 3 is 2.20 bits per heavy atom. The number of nitrogens with zero attached hydrogens (tertiary/aromatic N) is 5. The molecule has 2 aromatic rings. The normalized spacial score (nSPS) is 15.6. The second kappa shape index (κ2) is 8.65. The van der Waals surface area contributed by atoms with Crippen molar-refractivity contribution in [1.29, 1.82) is 0 Å². The molecule has 1 aromatic heterocycles. The second-order valence-corrected chi connectivity index (χ2v) is 10.2. The van der Waals surface area contributed by atoms with E-state index in [2.05, 4.69) is 14.9 Å². The quantitative estimate of drug-likeness (QED) is 0.508. The monoisotopic (exact) mass is 433 g/mol. The van der Waals surface area contributed by atoms with Gasteiger partial charge >= 0.3 is 0 Å². The Morgan fingerprint density at radius 1 is 1.07 bits per heavy atom. The highest BCUT2D eigenvalue weighted by Gasteiger charge is 2.30. The van der Waals surface area contributed by atoms with Crippen LogP contribution in [0.15, 0.2) is 24.3 Å². The number of anilines is 1. The number of hydrogen-bond donors (Lipinski definition) is 0. The summed E-state index contributed by atoms with van der Waals surface area (Å²) in [5.74, 6) is 1.46. The molecule has 0 radical (unpaired) electrons. The number of nitro groups is 1. The summed E-state index contributed by atoms with van der Waals surface area (Å²) < 4.78 is 26.5. The summed E-state index contributed by atoms with van der Waals surface area (Å²) >= 11 is 0. The van der Waals surface area contributed by atoms with E-state index in [0.29, 0.717) is 38.4 Å². The van der Waals surface area contributed by atoms with Crippen molar-refractivity contribution in [2.45, 2.75) is 39.4 Å². The number of nitro benzene ring substituents is 1. The van der Waals surface area contributed by atoms with E-state index in [1.54, 1.807) is 30.3 Å². The molecular weight excluding hydrogens is 406 g/mol. The van der Waals surface area contributed by atoms with E-state index in [-0.39, 0.29) is 5.69 Å². The first-order valence-electron chi connectivity index (χ1n) is 9.91. The third kappa shape index (κ3) is 4.59. The third-order valence-electron chi connectivity index (χ3n) is 5.33. The Labute approximate surface area is 177 Å². The summed E-state index contributed by atoms with van der Waals surface area (Å²) in [7, 11) is -3.27. The smallest absolute Gasteiger partial charge is 0.269 e. The van der Waals surface area contributed by atoms with E-state index in [9.17, 15) is 18.5 Å². The van der Waals surface area contributed by atoms with E-state index < -0.39 is 20.2 Å². The molecule has 0 bridgehead atoms. The van der Waals surface area contributed by atoms with Crippen LogP contribution in [0.4, 0.5) is 11.5 Å². The number of benzene rings is 1. The molecule has 1 aromatic carbocycles. The molecule has 10 heteroatoms. The molecule has 0 amide bonds. The number of piperazine rings is 1. The lowest BCUT2D eigenvalue weighted by Crippen LogP contribution is -2.51. The fourth-order valence-electron chi connectivity index (χ4n) is 3.58. The van der Waals surface area contributed by atoms with Gasteiger partial charge in [0.1, 0.15) is 11.6 Å². The molecule has 1 saturated heterocycles. The van der Waals surface area contributed by atoms with Crippen molar-refractivity contribution < 1.29 is 13.3 Å². The van der Waals surface area contributed by atoms with Gasteiger partial charge in [0.05, 0.1) is 10.2 Å². The van der Waals surface area contributed by atoms with Crippen molar-refractivity contribution in [1.82, 2.24) is 14.3 Å². The van der Waals surface area contributed by atoms with Crippen LogP contribution in [-0.2, 0) is 16.4 Å². The molecule has 2 heterocycles. The molecule has 162 valence electrons. The molecule has 0 atom stereocenters. The Kier molecular flexibility index (Phi) is 6.37. The molecule has 1 fully saturated rings. The zero-order valence-corrected chi connectivity index (χ0v) is 18.5. The largest absolute Gasteiger partial charge is 0.354 e. The van der Waals surface area contributed by atoms with Gasteiger partial charge < -0.3 is 4.90 Å². The molecule has 1 aliphatic rings. The van der Waals surface area contributed by atoms with Gasteiger partial charge in [-0.05, 0) is 33.3 Å². The van der Waals surface area contributed by atoms with E-state index in [4.69, 9.17) is 0 Å². The van der Waals surface area contributed by atoms with Crippen molar-refractivity contribution in [3.63, 3.8) is 0 Å². The van der Waals surface area contributed by atoms with Crippen LogP contribution in [0.3, 0.4) is 0 Å². The van der Waals surface area contributed by atoms with Crippen LogP contribution >= 0.6 is 0 Å². The van der Waals surface area contributed by atoms with E-state index in [1.165, 1.54) is 12.1 Å². The Balaban J connectivity index is 1.85. The summed E-state index contributed by atoms with van der Waals surface area (Å²) in [6.45, 7) is 9.09. The van der Waals surface area contributed by atoms with E-state index in [1.807, 2.05) is 13.8 Å². The average molecular weight is 434 g/mol. The molecule has 9 nitrogen and oxygen atoms in total. The van der Waals surface area contributed by atoms with Crippen molar-refractivity contribution in [3.05, 3.63) is 57.0 Å². The van der Waals surface area contributed by atoms with Crippen LogP contribution < -0.4 is 4.90 Å². The first-order chi connectivity index (χ1) is 14.1. The zero-order valence-electron chi connectivity index (χ0n) is 17.7. The van der Waals surface area contributed by atoms with Gasteiger partial charge in [0, 0.05) is 56.0 Å². The molecule has 0 unspecified atom stereocenters. The highest BCUT2D eigenvalue weighted by Crippen LogP contribution is 2.26. The molecule has 0 saturated carbocycles. The van der Waals surface area contributed by atoms with Crippen LogP contribution in [0.2, 0.25) is 0 Å². The van der Waals surface area contributed by atoms with Gasteiger partial charge in [-0.15, -0.1) is 0 Å². The number of hydrogen-bond acceptors (Lipinski definition) is 7. The lowest BCUT2D eigenvalue weighted by atomic mass is 10.0. The summed E-state index contributed by atoms with van der Waals surface area (Å²) in [5.41, 5.74) is 2.79. The van der Waals surface area contributed by atoms with Crippen LogP contribution in [0.25, 0.3) is 0 Å². The highest BCUT2D eigenvalue weighted by molar-refractivity contribution is 7.89. The molecular formula is C20H27N5O4S. The van der Waals surface area contributed by atoms with Crippen molar-refractivity contribution in [2.24, 2.45) is 0 Å². The van der Waals surface area contributed by atoms with Gasteiger partial charge in [0.25, 0.3) is 5.69 Å². The first-order valence-corrected chi connectivity index (χ1v) is 11.4. The standard InChI is InChI=1S/C20H27N5O4S/c1-14(2)30(28,29)24-11-9-23(10-12-24)20-19(15(3)21-16(4)22-20)13-17-5-7-18(8-6-17)25(26)27/h5-8,14H,9-13H2,1-4H3. The van der Waals surface area contributed by atoms with Gasteiger partial charge in [-0.3, -0.25) is 10.1 Å². The molecule has 0 aliphatic carbocycles. The average Bonchev–Trinajstić information content (AvgIpc) is 2.70. The zero-order chi connectivity index (χ0) is 22.1. The fourth-order valence-corrected chi connectivity index (χ4v) is 4.85. The topological polar surface area (TPSA) is 110 Å². The van der Waals surface area contributed by atoms with Gasteiger partial charge in [0.15, 0.2) is 0 Å². The van der Waals surface area contributed by atoms with Gasteiger partial charge in [-0.1, -0.05) is 12.1 Å².